The molecule has 0 spiro atoms. The molecule has 0 heterocycles. The fourth-order valence-corrected chi connectivity index (χ4v) is 2.63. The maximum atomic E-state index is 5.97. The number of para-hydroxylation sites is 2. The van der Waals surface area contributed by atoms with Crippen molar-refractivity contribution < 1.29 is 4.84 Å². The van der Waals surface area contributed by atoms with Crippen LogP contribution in [-0.4, -0.2) is 11.6 Å². The van der Waals surface area contributed by atoms with Crippen LogP contribution in [0.1, 0.15) is 31.9 Å². The normalized spacial score (nSPS) is 11.5. The molecule has 0 bridgehead atoms. The van der Waals surface area contributed by atoms with Gasteiger partial charge >= 0.3 is 0 Å². The predicted molar refractivity (Wildman–Crippen MR) is 102 cm³/mol. The second kappa shape index (κ2) is 8.02. The molecule has 3 heteroatoms. The lowest BCUT2D eigenvalue weighted by Gasteiger charge is -2.23. The highest BCUT2D eigenvalue weighted by Gasteiger charge is 2.13. The van der Waals surface area contributed by atoms with Gasteiger partial charge in [0.2, 0.25) is 0 Å². The van der Waals surface area contributed by atoms with Gasteiger partial charge in [-0.2, -0.15) is 0 Å². The molecule has 2 rings (SSSR count). The second-order valence-corrected chi connectivity index (χ2v) is 7.30. The minimum atomic E-state index is 0.272. The molecule has 0 aliphatic rings. The molecule has 2 aromatic rings. The Morgan fingerprint density at radius 3 is 2.46 bits per heavy atom. The molecule has 0 radical (unpaired) electrons. The first-order valence-electron chi connectivity index (χ1n) is 8.33. The molecule has 2 aromatic carbocycles. The predicted octanol–water partition coefficient (Wildman–Crippen LogP) is 4.84. The van der Waals surface area contributed by atoms with Crippen LogP contribution in [0.5, 0.6) is 5.75 Å². The first-order valence-corrected chi connectivity index (χ1v) is 8.33. The number of benzene rings is 2. The number of anilines is 1. The van der Waals surface area contributed by atoms with Gasteiger partial charge in [0, 0.05) is 0 Å². The maximum Gasteiger partial charge on any atom is 0.170 e. The fourth-order valence-electron chi connectivity index (χ4n) is 2.63. The Kier molecular flexibility index (Phi) is 6.04. The lowest BCUT2D eigenvalue weighted by molar-refractivity contribution is -0.0553. The molecule has 0 aliphatic heterocycles. The second-order valence-electron chi connectivity index (χ2n) is 7.30. The van der Waals surface area contributed by atoms with Crippen molar-refractivity contribution in [2.75, 3.05) is 12.3 Å². The van der Waals surface area contributed by atoms with Crippen molar-refractivity contribution in [3.8, 4) is 5.75 Å². The van der Waals surface area contributed by atoms with Crippen molar-refractivity contribution in [1.82, 2.24) is 5.06 Å². The Hall–Kier alpha value is -2.26. The third-order valence-electron chi connectivity index (χ3n) is 3.56. The van der Waals surface area contributed by atoms with E-state index in [1.807, 2.05) is 35.4 Å². The highest BCUT2D eigenvalue weighted by atomic mass is 16.7. The lowest BCUT2D eigenvalue weighted by Crippen LogP contribution is -2.27. The van der Waals surface area contributed by atoms with Crippen molar-refractivity contribution in [3.63, 3.8) is 0 Å². The SMILES string of the molecule is C=CCN(Cc1cccc(CC(C)(C)C)c1)Oc1ccccc1N. The van der Waals surface area contributed by atoms with Crippen LogP contribution in [-0.2, 0) is 13.0 Å². The molecule has 24 heavy (non-hydrogen) atoms. The van der Waals surface area contributed by atoms with Crippen molar-refractivity contribution >= 4 is 5.69 Å². The van der Waals surface area contributed by atoms with E-state index in [9.17, 15) is 0 Å². The van der Waals surface area contributed by atoms with E-state index < -0.39 is 0 Å². The minimum absolute atomic E-state index is 0.272. The number of nitrogens with zero attached hydrogens (tertiary/aromatic N) is 1. The van der Waals surface area contributed by atoms with Crippen LogP contribution in [0.15, 0.2) is 61.2 Å². The number of hydroxylamine groups is 2. The Labute approximate surface area is 145 Å². The molecule has 0 atom stereocenters. The minimum Gasteiger partial charge on any atom is -0.403 e. The highest BCUT2D eigenvalue weighted by molar-refractivity contribution is 5.51. The summed E-state index contributed by atoms with van der Waals surface area (Å²) >= 11 is 0. The molecule has 0 amide bonds. The zero-order valence-electron chi connectivity index (χ0n) is 15.0. The van der Waals surface area contributed by atoms with Gasteiger partial charge in [0.1, 0.15) is 0 Å². The Bertz CT molecular complexity index is 674. The number of nitrogens with two attached hydrogens (primary N) is 1. The molecule has 3 nitrogen and oxygen atoms in total. The molecule has 0 fully saturated rings. The summed E-state index contributed by atoms with van der Waals surface area (Å²) < 4.78 is 0. The topological polar surface area (TPSA) is 38.5 Å². The molecular formula is C21H28N2O. The first kappa shape index (κ1) is 18.1. The fraction of sp³-hybridized carbons (Fsp3) is 0.333. The third kappa shape index (κ3) is 5.74. The van der Waals surface area contributed by atoms with Gasteiger partial charge in [-0.3, -0.25) is 0 Å². The Morgan fingerprint density at radius 1 is 1.08 bits per heavy atom. The van der Waals surface area contributed by atoms with Gasteiger partial charge in [-0.15, -0.1) is 11.6 Å². The average Bonchev–Trinajstić information content (AvgIpc) is 2.48. The summed E-state index contributed by atoms with van der Waals surface area (Å²) in [7, 11) is 0. The highest BCUT2D eigenvalue weighted by Crippen LogP contribution is 2.23. The number of nitrogen functional groups attached to an aromatic ring is 1. The van der Waals surface area contributed by atoms with E-state index in [0.717, 1.165) is 6.42 Å². The summed E-state index contributed by atoms with van der Waals surface area (Å²) in [6.45, 7) is 11.9. The summed E-state index contributed by atoms with van der Waals surface area (Å²) in [5.41, 5.74) is 9.44. The van der Waals surface area contributed by atoms with Crippen molar-refractivity contribution in [2.45, 2.75) is 33.7 Å². The van der Waals surface area contributed by atoms with Gasteiger partial charge in [0.15, 0.2) is 5.75 Å². The van der Waals surface area contributed by atoms with Crippen molar-refractivity contribution in [1.29, 1.82) is 0 Å². The molecule has 0 saturated carbocycles. The Balaban J connectivity index is 2.11. The van der Waals surface area contributed by atoms with Gasteiger partial charge in [-0.05, 0) is 35.1 Å². The van der Waals surface area contributed by atoms with Gasteiger partial charge in [0.05, 0.1) is 18.8 Å². The third-order valence-corrected chi connectivity index (χ3v) is 3.56. The molecule has 0 saturated heterocycles. The molecule has 0 unspecified atom stereocenters. The molecular weight excluding hydrogens is 296 g/mol. The molecule has 128 valence electrons. The zero-order chi connectivity index (χ0) is 17.6. The van der Waals surface area contributed by atoms with Crippen LogP contribution < -0.4 is 10.6 Å². The molecule has 0 aromatic heterocycles. The number of hydrogen-bond donors (Lipinski definition) is 1. The van der Waals surface area contributed by atoms with E-state index >= 15 is 0 Å². The summed E-state index contributed by atoms with van der Waals surface area (Å²) in [6, 6.07) is 16.2. The van der Waals surface area contributed by atoms with Gasteiger partial charge in [0.25, 0.3) is 0 Å². The smallest absolute Gasteiger partial charge is 0.170 e. The monoisotopic (exact) mass is 324 g/mol. The summed E-state index contributed by atoms with van der Waals surface area (Å²) in [6.07, 6.45) is 2.88. The number of hydrogen-bond acceptors (Lipinski definition) is 3. The largest absolute Gasteiger partial charge is 0.403 e. The van der Waals surface area contributed by atoms with Gasteiger partial charge in [-0.25, -0.2) is 0 Å². The maximum absolute atomic E-state index is 5.97. The van der Waals surface area contributed by atoms with E-state index in [-0.39, 0.29) is 5.41 Å². The lowest BCUT2D eigenvalue weighted by atomic mass is 9.88. The Morgan fingerprint density at radius 2 is 1.79 bits per heavy atom. The standard InChI is InChI=1S/C21H28N2O/c1-5-13-23(24-20-12-7-6-11-19(20)22)16-18-10-8-9-17(14-18)15-21(2,3)4/h5-12,14H,1,13,15-16,22H2,2-4H3. The van der Waals surface area contributed by atoms with Crippen molar-refractivity contribution in [3.05, 3.63) is 72.3 Å². The van der Waals surface area contributed by atoms with Crippen LogP contribution in [0, 0.1) is 5.41 Å². The van der Waals surface area contributed by atoms with Crippen molar-refractivity contribution in [2.24, 2.45) is 5.41 Å². The molecule has 0 aliphatic carbocycles. The van der Waals surface area contributed by atoms with Crippen LogP contribution in [0.25, 0.3) is 0 Å². The molecule has 2 N–H and O–H groups in total. The summed E-state index contributed by atoms with van der Waals surface area (Å²) in [5, 5.41) is 1.87. The van der Waals surface area contributed by atoms with E-state index in [1.165, 1.54) is 11.1 Å². The first-order chi connectivity index (χ1) is 11.4. The van der Waals surface area contributed by atoms with Crippen LogP contribution in [0.2, 0.25) is 0 Å². The van der Waals surface area contributed by atoms with Crippen LogP contribution in [0.3, 0.4) is 0 Å². The summed E-state index contributed by atoms with van der Waals surface area (Å²) in [4.78, 5) is 5.97. The van der Waals surface area contributed by atoms with Gasteiger partial charge in [-0.1, -0.05) is 63.2 Å². The van der Waals surface area contributed by atoms with Crippen LogP contribution >= 0.6 is 0 Å². The average molecular weight is 324 g/mol. The van der Waals surface area contributed by atoms with E-state index in [2.05, 4.69) is 51.6 Å². The zero-order valence-corrected chi connectivity index (χ0v) is 15.0. The van der Waals surface area contributed by atoms with Crippen LogP contribution in [0.4, 0.5) is 5.69 Å². The summed E-state index contributed by atoms with van der Waals surface area (Å²) in [5.74, 6) is 0.671. The van der Waals surface area contributed by atoms with Gasteiger partial charge < -0.3 is 10.6 Å². The van der Waals surface area contributed by atoms with E-state index in [4.69, 9.17) is 10.6 Å². The van der Waals surface area contributed by atoms with E-state index in [0.29, 0.717) is 24.5 Å². The quantitative estimate of drug-likeness (QED) is 0.450. The van der Waals surface area contributed by atoms with E-state index in [1.54, 1.807) is 0 Å². The number of rotatable bonds is 7.